The van der Waals surface area contributed by atoms with Gasteiger partial charge in [-0.2, -0.15) is 0 Å². The van der Waals surface area contributed by atoms with Crippen molar-refractivity contribution >= 4 is 12.1 Å². The number of hydrogen-bond donors (Lipinski definition) is 1. The lowest BCUT2D eigenvalue weighted by Crippen LogP contribution is -2.36. The first-order valence-corrected chi connectivity index (χ1v) is 11.4. The van der Waals surface area contributed by atoms with E-state index in [1.165, 1.54) is 19.3 Å². The third-order valence-corrected chi connectivity index (χ3v) is 6.81. The molecule has 0 aliphatic heterocycles. The van der Waals surface area contributed by atoms with Crippen molar-refractivity contribution in [1.29, 1.82) is 0 Å². The zero-order chi connectivity index (χ0) is 23.5. The summed E-state index contributed by atoms with van der Waals surface area (Å²) in [6, 6.07) is 3.60. The Hall–Kier alpha value is -3.17. The third kappa shape index (κ3) is 5.09. The summed E-state index contributed by atoms with van der Waals surface area (Å²) in [4.78, 5) is 29.8. The third-order valence-electron chi connectivity index (χ3n) is 6.81. The Morgan fingerprint density at radius 1 is 1.24 bits per heavy atom. The molecular formula is C23H31N5O5. The predicted octanol–water partition coefficient (Wildman–Crippen LogP) is 3.04. The normalized spacial score (nSPS) is 20.0. The summed E-state index contributed by atoms with van der Waals surface area (Å²) >= 11 is 0. The maximum Gasteiger partial charge on any atom is 0.409 e. The highest BCUT2D eigenvalue weighted by Gasteiger charge is 2.37. The molecule has 2 atom stereocenters. The summed E-state index contributed by atoms with van der Waals surface area (Å²) in [6.07, 6.45) is 4.77. The first kappa shape index (κ1) is 23.0. The molecule has 0 radical (unpaired) electrons. The monoisotopic (exact) mass is 457 g/mol. The second-order valence-electron chi connectivity index (χ2n) is 9.11. The molecule has 1 amide bonds. The van der Waals surface area contributed by atoms with E-state index in [2.05, 4.69) is 15.3 Å². The molecule has 0 unspecified atom stereocenters. The van der Waals surface area contributed by atoms with E-state index in [9.17, 15) is 14.7 Å². The number of carbonyl (C=O) groups is 2. The van der Waals surface area contributed by atoms with Crippen molar-refractivity contribution in [3.8, 4) is 17.1 Å². The van der Waals surface area contributed by atoms with E-state index < -0.39 is 5.97 Å². The molecule has 2 aliphatic carbocycles. The van der Waals surface area contributed by atoms with E-state index in [0.29, 0.717) is 54.0 Å². The van der Waals surface area contributed by atoms with Gasteiger partial charge in [0.05, 0.1) is 23.9 Å². The van der Waals surface area contributed by atoms with Gasteiger partial charge < -0.3 is 19.5 Å². The Morgan fingerprint density at radius 2 is 2.03 bits per heavy atom. The fourth-order valence-electron chi connectivity index (χ4n) is 4.24. The lowest BCUT2D eigenvalue weighted by Gasteiger charge is -2.33. The van der Waals surface area contributed by atoms with E-state index in [1.54, 1.807) is 29.7 Å². The summed E-state index contributed by atoms with van der Waals surface area (Å²) < 4.78 is 13.0. The Labute approximate surface area is 192 Å². The van der Waals surface area contributed by atoms with Crippen LogP contribution in [0.4, 0.5) is 4.79 Å². The van der Waals surface area contributed by atoms with Crippen molar-refractivity contribution in [1.82, 2.24) is 24.9 Å². The van der Waals surface area contributed by atoms with Crippen LogP contribution in [0.2, 0.25) is 0 Å². The number of rotatable bonds is 9. The summed E-state index contributed by atoms with van der Waals surface area (Å²) in [5.74, 6) is 0.138. The average molecular weight is 458 g/mol. The van der Waals surface area contributed by atoms with Crippen LogP contribution in [0, 0.1) is 24.7 Å². The molecule has 2 fully saturated rings. The molecule has 2 aliphatic rings. The van der Waals surface area contributed by atoms with Gasteiger partial charge in [0.15, 0.2) is 0 Å². The second-order valence-corrected chi connectivity index (χ2v) is 9.11. The van der Waals surface area contributed by atoms with E-state index in [0.717, 1.165) is 6.42 Å². The molecule has 2 aromatic rings. The highest BCUT2D eigenvalue weighted by atomic mass is 16.6. The molecule has 2 aromatic heterocycles. The van der Waals surface area contributed by atoms with Gasteiger partial charge in [-0.15, -0.1) is 5.10 Å². The Balaban J connectivity index is 1.38. The highest BCUT2D eigenvalue weighted by Crippen LogP contribution is 2.35. The number of amides is 1. The van der Waals surface area contributed by atoms with Gasteiger partial charge in [0.2, 0.25) is 0 Å². The van der Waals surface area contributed by atoms with E-state index in [1.807, 2.05) is 13.0 Å². The summed E-state index contributed by atoms with van der Waals surface area (Å²) in [5.41, 5.74) is 2.48. The molecule has 4 rings (SSSR count). The molecule has 0 saturated heterocycles. The standard InChI is InChI=1S/C23H31N5O5/c1-14-20(32-12-16-7-8-17(16)22(29)30)10-9-18(24-14)21-19(28(3)26-25-21)13-33-23(31)27(2)11-15-5-4-6-15/h9-10,15-17H,4-8,11-13H2,1-3H3,(H,29,30)/t16-,17+/m0/s1. The number of hydrogen-bond acceptors (Lipinski definition) is 7. The zero-order valence-electron chi connectivity index (χ0n) is 19.4. The number of aryl methyl sites for hydroxylation is 2. The zero-order valence-corrected chi connectivity index (χ0v) is 19.4. The van der Waals surface area contributed by atoms with Gasteiger partial charge in [-0.1, -0.05) is 11.6 Å². The maximum atomic E-state index is 12.4. The van der Waals surface area contributed by atoms with Gasteiger partial charge in [0.1, 0.15) is 23.7 Å². The number of aliphatic carboxylic acids is 1. The molecule has 10 nitrogen and oxygen atoms in total. The van der Waals surface area contributed by atoms with Crippen molar-refractivity contribution < 1.29 is 24.2 Å². The lowest BCUT2D eigenvalue weighted by molar-refractivity contribution is -0.148. The van der Waals surface area contributed by atoms with Crippen LogP contribution in [0.5, 0.6) is 5.75 Å². The van der Waals surface area contributed by atoms with E-state index >= 15 is 0 Å². The van der Waals surface area contributed by atoms with Gasteiger partial charge in [0.25, 0.3) is 0 Å². The number of pyridine rings is 1. The molecule has 0 aromatic carbocycles. The SMILES string of the molecule is Cc1nc(-c2nnn(C)c2COC(=O)N(C)CC2CCC2)ccc1OC[C@@H]1CC[C@H]1C(=O)O. The molecule has 0 spiro atoms. The first-order valence-electron chi connectivity index (χ1n) is 11.4. The fraction of sp³-hybridized carbons (Fsp3) is 0.609. The van der Waals surface area contributed by atoms with Crippen LogP contribution in [-0.2, 0) is 23.2 Å². The second kappa shape index (κ2) is 9.76. The number of ether oxygens (including phenoxy) is 2. The average Bonchev–Trinajstić information content (AvgIpc) is 3.09. The minimum Gasteiger partial charge on any atom is -0.491 e. The maximum absolute atomic E-state index is 12.4. The van der Waals surface area contributed by atoms with Crippen molar-refractivity contribution in [2.45, 2.75) is 45.6 Å². The molecule has 178 valence electrons. The van der Waals surface area contributed by atoms with Crippen molar-refractivity contribution in [3.05, 3.63) is 23.5 Å². The van der Waals surface area contributed by atoms with Crippen LogP contribution in [-0.4, -0.2) is 62.2 Å². The van der Waals surface area contributed by atoms with E-state index in [-0.39, 0.29) is 24.5 Å². The minimum absolute atomic E-state index is 0.0327. The number of carbonyl (C=O) groups excluding carboxylic acids is 1. The number of carboxylic acids is 1. The first-order chi connectivity index (χ1) is 15.8. The highest BCUT2D eigenvalue weighted by molar-refractivity contribution is 5.71. The van der Waals surface area contributed by atoms with Crippen LogP contribution in [0.3, 0.4) is 0 Å². The quantitative estimate of drug-likeness (QED) is 0.610. The van der Waals surface area contributed by atoms with Crippen LogP contribution in [0.15, 0.2) is 12.1 Å². The molecule has 0 bridgehead atoms. The Bertz CT molecular complexity index is 1020. The van der Waals surface area contributed by atoms with Crippen LogP contribution < -0.4 is 4.74 Å². The van der Waals surface area contributed by atoms with Crippen LogP contribution >= 0.6 is 0 Å². The van der Waals surface area contributed by atoms with Gasteiger partial charge in [0, 0.05) is 26.6 Å². The molecule has 1 N–H and O–H groups in total. The van der Waals surface area contributed by atoms with Gasteiger partial charge in [-0.25, -0.2) is 14.5 Å². The van der Waals surface area contributed by atoms with Gasteiger partial charge in [-0.05, 0) is 50.7 Å². The van der Waals surface area contributed by atoms with Gasteiger partial charge >= 0.3 is 12.1 Å². The summed E-state index contributed by atoms with van der Waals surface area (Å²) in [5, 5.41) is 17.5. The largest absolute Gasteiger partial charge is 0.491 e. The van der Waals surface area contributed by atoms with Crippen molar-refractivity contribution in [2.24, 2.45) is 24.8 Å². The fourth-order valence-corrected chi connectivity index (χ4v) is 4.24. The molecule has 2 heterocycles. The number of carboxylic acid groups (broad SMARTS) is 1. The van der Waals surface area contributed by atoms with Crippen LogP contribution in [0.1, 0.15) is 43.5 Å². The van der Waals surface area contributed by atoms with E-state index in [4.69, 9.17) is 9.47 Å². The Kier molecular flexibility index (Phi) is 6.80. The van der Waals surface area contributed by atoms with Crippen molar-refractivity contribution in [2.75, 3.05) is 20.2 Å². The molecule has 2 saturated carbocycles. The molecular weight excluding hydrogens is 426 g/mol. The molecule has 10 heteroatoms. The Morgan fingerprint density at radius 3 is 2.64 bits per heavy atom. The topological polar surface area (TPSA) is 120 Å². The minimum atomic E-state index is -0.759. The van der Waals surface area contributed by atoms with Crippen molar-refractivity contribution in [3.63, 3.8) is 0 Å². The lowest BCUT2D eigenvalue weighted by atomic mass is 9.74. The smallest absolute Gasteiger partial charge is 0.409 e. The predicted molar refractivity (Wildman–Crippen MR) is 118 cm³/mol. The van der Waals surface area contributed by atoms with Crippen LogP contribution in [0.25, 0.3) is 11.4 Å². The van der Waals surface area contributed by atoms with Gasteiger partial charge in [-0.3, -0.25) is 4.79 Å². The summed E-state index contributed by atoms with van der Waals surface area (Å²) in [6.45, 7) is 2.95. The number of aromatic nitrogens is 4. The number of nitrogens with zero attached hydrogens (tertiary/aromatic N) is 5. The molecule has 33 heavy (non-hydrogen) atoms. The summed E-state index contributed by atoms with van der Waals surface area (Å²) in [7, 11) is 3.51.